The van der Waals surface area contributed by atoms with Gasteiger partial charge in [-0.2, -0.15) is 0 Å². The molecule has 2 atom stereocenters. The van der Waals surface area contributed by atoms with Crippen LogP contribution in [0.5, 0.6) is 0 Å². The van der Waals surface area contributed by atoms with Gasteiger partial charge in [0.15, 0.2) is 11.5 Å². The predicted octanol–water partition coefficient (Wildman–Crippen LogP) is 3.78. The topological polar surface area (TPSA) is 42.2 Å². The number of nitrogens with one attached hydrogen (secondary N) is 1. The third-order valence-electron chi connectivity index (χ3n) is 4.03. The highest BCUT2D eigenvalue weighted by atomic mass is 35.5. The fourth-order valence-electron chi connectivity index (χ4n) is 3.03. The van der Waals surface area contributed by atoms with Gasteiger partial charge in [0.25, 0.3) is 0 Å². The zero-order chi connectivity index (χ0) is 14.4. The summed E-state index contributed by atoms with van der Waals surface area (Å²) in [6.45, 7) is 2.13. The van der Waals surface area contributed by atoms with Crippen molar-refractivity contribution in [3.05, 3.63) is 51.1 Å². The van der Waals surface area contributed by atoms with Crippen LogP contribution in [-0.4, -0.2) is 14.6 Å². The highest BCUT2D eigenvalue weighted by molar-refractivity contribution is 7.16. The summed E-state index contributed by atoms with van der Waals surface area (Å²) in [7, 11) is 0. The molecule has 3 aromatic rings. The first-order valence-electron chi connectivity index (χ1n) is 7.06. The number of aryl methyl sites for hydroxylation is 1. The van der Waals surface area contributed by atoms with Crippen molar-refractivity contribution in [2.75, 3.05) is 0 Å². The van der Waals surface area contributed by atoms with Crippen molar-refractivity contribution >= 4 is 28.6 Å². The minimum atomic E-state index is 0.136. The third-order valence-corrected chi connectivity index (χ3v) is 5.37. The molecule has 0 spiro atoms. The van der Waals surface area contributed by atoms with Crippen molar-refractivity contribution in [2.45, 2.75) is 31.8 Å². The average Bonchev–Trinajstić information content (AvgIpc) is 3.14. The summed E-state index contributed by atoms with van der Waals surface area (Å²) in [5.74, 6) is 0.945. The van der Waals surface area contributed by atoms with Crippen molar-refractivity contribution in [3.8, 4) is 0 Å². The lowest BCUT2D eigenvalue weighted by Crippen LogP contribution is -2.24. The molecule has 3 aromatic heterocycles. The summed E-state index contributed by atoms with van der Waals surface area (Å²) in [4.78, 5) is 1.41. The molecule has 1 aliphatic carbocycles. The summed E-state index contributed by atoms with van der Waals surface area (Å²) in [6.07, 6.45) is 4.24. The molecule has 3 heterocycles. The Morgan fingerprint density at radius 1 is 1.43 bits per heavy atom. The lowest BCUT2D eigenvalue weighted by molar-refractivity contribution is 0.448. The number of halogens is 1. The molecule has 4 rings (SSSR count). The van der Waals surface area contributed by atoms with Crippen LogP contribution in [0.1, 0.15) is 41.7 Å². The maximum atomic E-state index is 6.12. The molecular formula is C15H15ClN4S. The van der Waals surface area contributed by atoms with Gasteiger partial charge in [-0.1, -0.05) is 17.7 Å². The molecule has 0 fully saturated rings. The lowest BCUT2D eigenvalue weighted by atomic mass is 10.1. The van der Waals surface area contributed by atoms with E-state index in [9.17, 15) is 0 Å². The van der Waals surface area contributed by atoms with Gasteiger partial charge in [0, 0.05) is 17.1 Å². The Bertz CT molecular complexity index is 794. The second-order valence-corrected chi connectivity index (χ2v) is 7.16. The van der Waals surface area contributed by atoms with Crippen LogP contribution >= 0.6 is 22.9 Å². The second kappa shape index (κ2) is 5.09. The van der Waals surface area contributed by atoms with E-state index in [0.29, 0.717) is 6.04 Å². The number of rotatable bonds is 3. The van der Waals surface area contributed by atoms with Crippen molar-refractivity contribution in [3.63, 3.8) is 0 Å². The largest absolute Gasteiger partial charge is 0.301 e. The van der Waals surface area contributed by atoms with Gasteiger partial charge in [-0.25, -0.2) is 0 Å². The molecule has 4 nitrogen and oxygen atoms in total. The molecule has 0 amide bonds. The molecule has 0 radical (unpaired) electrons. The zero-order valence-corrected chi connectivity index (χ0v) is 13.2. The molecule has 21 heavy (non-hydrogen) atoms. The van der Waals surface area contributed by atoms with Crippen molar-refractivity contribution in [2.24, 2.45) is 0 Å². The number of aromatic nitrogens is 3. The number of fused-ring (bicyclic) bond motifs is 2. The number of hydrogen-bond acceptors (Lipinski definition) is 4. The molecule has 1 aliphatic rings. The first-order valence-corrected chi connectivity index (χ1v) is 8.25. The average molecular weight is 319 g/mol. The van der Waals surface area contributed by atoms with Crippen molar-refractivity contribution in [1.29, 1.82) is 0 Å². The third kappa shape index (κ3) is 2.25. The molecule has 0 aliphatic heterocycles. The summed E-state index contributed by atoms with van der Waals surface area (Å²) in [6, 6.07) is 8.53. The highest BCUT2D eigenvalue weighted by Crippen LogP contribution is 2.40. The monoisotopic (exact) mass is 318 g/mol. The van der Waals surface area contributed by atoms with Crippen LogP contribution in [0.25, 0.3) is 5.65 Å². The zero-order valence-electron chi connectivity index (χ0n) is 11.6. The lowest BCUT2D eigenvalue weighted by Gasteiger charge is -2.18. The molecule has 108 valence electrons. The summed E-state index contributed by atoms with van der Waals surface area (Å²) >= 11 is 7.82. The fraction of sp³-hybridized carbons (Fsp3) is 0.333. The van der Waals surface area contributed by atoms with Crippen molar-refractivity contribution < 1.29 is 0 Å². The minimum absolute atomic E-state index is 0.136. The molecule has 0 saturated heterocycles. The van der Waals surface area contributed by atoms with Gasteiger partial charge in [0.05, 0.1) is 10.4 Å². The fourth-order valence-corrected chi connectivity index (χ4v) is 4.39. The van der Waals surface area contributed by atoms with Gasteiger partial charge in [-0.05, 0) is 43.5 Å². The van der Waals surface area contributed by atoms with Crippen LogP contribution in [0.3, 0.4) is 0 Å². The van der Waals surface area contributed by atoms with Gasteiger partial charge in [0.2, 0.25) is 0 Å². The Kier molecular flexibility index (Phi) is 3.21. The van der Waals surface area contributed by atoms with Crippen LogP contribution in [0.4, 0.5) is 0 Å². The first kappa shape index (κ1) is 13.2. The van der Waals surface area contributed by atoms with E-state index in [1.165, 1.54) is 10.4 Å². The second-order valence-electron chi connectivity index (χ2n) is 5.40. The molecular weight excluding hydrogens is 304 g/mol. The van der Waals surface area contributed by atoms with Gasteiger partial charge in [-0.3, -0.25) is 4.40 Å². The molecule has 0 saturated carbocycles. The SMILES string of the molecule is CC(NC1CCc2sc(Cl)cc21)c1nnc2ccccn12. The number of thiophene rings is 1. The Morgan fingerprint density at radius 3 is 3.24 bits per heavy atom. The van der Waals surface area contributed by atoms with E-state index in [2.05, 4.69) is 28.5 Å². The predicted molar refractivity (Wildman–Crippen MR) is 84.9 cm³/mol. The maximum Gasteiger partial charge on any atom is 0.160 e. The quantitative estimate of drug-likeness (QED) is 0.799. The Balaban J connectivity index is 1.60. The van der Waals surface area contributed by atoms with Crippen LogP contribution in [0, 0.1) is 0 Å². The molecule has 6 heteroatoms. The smallest absolute Gasteiger partial charge is 0.160 e. The molecule has 2 unspecified atom stereocenters. The van der Waals surface area contributed by atoms with Crippen LogP contribution < -0.4 is 5.32 Å². The van der Waals surface area contributed by atoms with E-state index in [1.54, 1.807) is 11.3 Å². The normalized spacial score (nSPS) is 19.0. The number of pyridine rings is 1. The maximum absolute atomic E-state index is 6.12. The van der Waals surface area contributed by atoms with Crippen LogP contribution in [0.15, 0.2) is 30.5 Å². The van der Waals surface area contributed by atoms with Crippen molar-refractivity contribution in [1.82, 2.24) is 19.9 Å². The van der Waals surface area contributed by atoms with E-state index in [1.807, 2.05) is 28.8 Å². The molecule has 0 bridgehead atoms. The first-order chi connectivity index (χ1) is 10.2. The van der Waals surface area contributed by atoms with Gasteiger partial charge in [0.1, 0.15) is 0 Å². The van der Waals surface area contributed by atoms with E-state index >= 15 is 0 Å². The number of hydrogen-bond donors (Lipinski definition) is 1. The highest BCUT2D eigenvalue weighted by Gasteiger charge is 2.27. The Hall–Kier alpha value is -1.43. The summed E-state index contributed by atoms with van der Waals surface area (Å²) < 4.78 is 2.92. The number of nitrogens with zero attached hydrogens (tertiary/aromatic N) is 3. The van der Waals surface area contributed by atoms with E-state index in [4.69, 9.17) is 11.6 Å². The van der Waals surface area contributed by atoms with Gasteiger partial charge in [-0.15, -0.1) is 21.5 Å². The van der Waals surface area contributed by atoms with Crippen LogP contribution in [0.2, 0.25) is 4.34 Å². The Morgan fingerprint density at radius 2 is 2.33 bits per heavy atom. The molecule has 1 N–H and O–H groups in total. The van der Waals surface area contributed by atoms with E-state index < -0.39 is 0 Å². The minimum Gasteiger partial charge on any atom is -0.301 e. The molecule has 0 aromatic carbocycles. The van der Waals surface area contributed by atoms with Crippen LogP contribution in [-0.2, 0) is 6.42 Å². The Labute approximate surface area is 131 Å². The summed E-state index contributed by atoms with van der Waals surface area (Å²) in [5.41, 5.74) is 2.23. The van der Waals surface area contributed by atoms with Gasteiger partial charge < -0.3 is 5.32 Å². The standard InChI is InChI=1S/C15H15ClN4S/c1-9(15-19-18-14-4-2-3-7-20(14)15)17-11-5-6-12-10(11)8-13(16)21-12/h2-4,7-9,11,17H,5-6H2,1H3. The van der Waals surface area contributed by atoms with E-state index in [-0.39, 0.29) is 6.04 Å². The summed E-state index contributed by atoms with van der Waals surface area (Å²) in [5, 5.41) is 12.2. The van der Waals surface area contributed by atoms with Gasteiger partial charge >= 0.3 is 0 Å². The van der Waals surface area contributed by atoms with E-state index in [0.717, 1.165) is 28.6 Å².